The van der Waals surface area contributed by atoms with Crippen LogP contribution in [0.2, 0.25) is 0 Å². The molecule has 2 aromatic rings. The van der Waals surface area contributed by atoms with Crippen molar-refractivity contribution >= 4 is 21.4 Å². The van der Waals surface area contributed by atoms with Crippen LogP contribution in [0.15, 0.2) is 39.9 Å². The van der Waals surface area contributed by atoms with E-state index in [0.29, 0.717) is 5.76 Å². The predicted molar refractivity (Wildman–Crippen MR) is 83.5 cm³/mol. The lowest BCUT2D eigenvalue weighted by Gasteiger charge is -2.15. The SMILES string of the molecule is Cc1oncc1C(O)C(C#N)C(=O)Nc1cccc(S(C)(=O)=O)c1. The second-order valence-corrected chi connectivity index (χ2v) is 7.19. The lowest BCUT2D eigenvalue weighted by molar-refractivity contribution is -0.121. The highest BCUT2D eigenvalue weighted by molar-refractivity contribution is 7.90. The smallest absolute Gasteiger partial charge is 0.244 e. The van der Waals surface area contributed by atoms with E-state index in [0.717, 1.165) is 6.26 Å². The van der Waals surface area contributed by atoms with Gasteiger partial charge in [0.1, 0.15) is 11.9 Å². The van der Waals surface area contributed by atoms with Gasteiger partial charge in [-0.15, -0.1) is 0 Å². The first kappa shape index (κ1) is 17.7. The molecule has 9 heteroatoms. The number of sulfone groups is 1. The van der Waals surface area contributed by atoms with Gasteiger partial charge in [0.05, 0.1) is 17.2 Å². The molecule has 8 nitrogen and oxygen atoms in total. The molecule has 2 unspecified atom stereocenters. The van der Waals surface area contributed by atoms with Crippen molar-refractivity contribution in [2.75, 3.05) is 11.6 Å². The average molecular weight is 349 g/mol. The van der Waals surface area contributed by atoms with Gasteiger partial charge in [-0.3, -0.25) is 4.79 Å². The molecule has 24 heavy (non-hydrogen) atoms. The van der Waals surface area contributed by atoms with Gasteiger partial charge in [-0.1, -0.05) is 11.2 Å². The van der Waals surface area contributed by atoms with Crippen LogP contribution in [0.4, 0.5) is 5.69 Å². The Kier molecular flexibility index (Phi) is 5.02. The number of rotatable bonds is 5. The van der Waals surface area contributed by atoms with Gasteiger partial charge in [-0.2, -0.15) is 5.26 Å². The van der Waals surface area contributed by atoms with E-state index in [1.165, 1.54) is 30.5 Å². The van der Waals surface area contributed by atoms with Crippen molar-refractivity contribution in [3.63, 3.8) is 0 Å². The highest BCUT2D eigenvalue weighted by atomic mass is 32.2. The molecule has 1 aromatic heterocycles. The van der Waals surface area contributed by atoms with Crippen LogP contribution >= 0.6 is 0 Å². The van der Waals surface area contributed by atoms with Crippen molar-refractivity contribution in [1.82, 2.24) is 5.16 Å². The van der Waals surface area contributed by atoms with Crippen molar-refractivity contribution in [1.29, 1.82) is 5.26 Å². The molecule has 0 bridgehead atoms. The fourth-order valence-electron chi connectivity index (χ4n) is 2.07. The molecular weight excluding hydrogens is 334 g/mol. The molecule has 0 aliphatic carbocycles. The summed E-state index contributed by atoms with van der Waals surface area (Å²) < 4.78 is 27.9. The summed E-state index contributed by atoms with van der Waals surface area (Å²) in [7, 11) is -3.43. The van der Waals surface area contributed by atoms with Crippen LogP contribution in [0.1, 0.15) is 17.4 Å². The topological polar surface area (TPSA) is 133 Å². The molecule has 0 saturated carbocycles. The molecular formula is C15H15N3O5S. The van der Waals surface area contributed by atoms with E-state index in [1.807, 2.05) is 0 Å². The summed E-state index contributed by atoms with van der Waals surface area (Å²) in [6, 6.07) is 7.35. The molecule has 2 N–H and O–H groups in total. The molecule has 2 rings (SSSR count). The maximum Gasteiger partial charge on any atom is 0.244 e. The van der Waals surface area contributed by atoms with Crippen molar-refractivity contribution in [2.45, 2.75) is 17.9 Å². The third kappa shape index (κ3) is 3.79. The van der Waals surface area contributed by atoms with E-state index in [9.17, 15) is 23.6 Å². The Hall–Kier alpha value is -2.70. The maximum atomic E-state index is 12.3. The molecule has 0 spiro atoms. The minimum absolute atomic E-state index is 0.0317. The molecule has 0 aliphatic rings. The Bertz CT molecular complexity index is 898. The summed E-state index contributed by atoms with van der Waals surface area (Å²) in [5.74, 6) is -1.88. The molecule has 1 aromatic carbocycles. The number of aliphatic hydroxyl groups is 1. The molecule has 1 amide bonds. The summed E-state index contributed by atoms with van der Waals surface area (Å²) in [5.41, 5.74) is 0.444. The van der Waals surface area contributed by atoms with Crippen LogP contribution in [0.25, 0.3) is 0 Å². The third-order valence-electron chi connectivity index (χ3n) is 3.37. The zero-order chi connectivity index (χ0) is 17.9. The normalized spacial score (nSPS) is 13.8. The number of aliphatic hydroxyl groups excluding tert-OH is 1. The second-order valence-electron chi connectivity index (χ2n) is 5.18. The monoisotopic (exact) mass is 349 g/mol. The van der Waals surface area contributed by atoms with Crippen LogP contribution in [0.5, 0.6) is 0 Å². The molecule has 0 radical (unpaired) electrons. The van der Waals surface area contributed by atoms with E-state index in [-0.39, 0.29) is 16.1 Å². The number of nitriles is 1. The lowest BCUT2D eigenvalue weighted by Crippen LogP contribution is -2.27. The molecule has 0 fully saturated rings. The molecule has 1 heterocycles. The number of amides is 1. The van der Waals surface area contributed by atoms with Crippen molar-refractivity contribution in [2.24, 2.45) is 5.92 Å². The Morgan fingerprint density at radius 1 is 1.46 bits per heavy atom. The molecule has 0 aliphatic heterocycles. The Morgan fingerprint density at radius 2 is 2.17 bits per heavy atom. The summed E-state index contributed by atoms with van der Waals surface area (Å²) in [6.45, 7) is 1.55. The van der Waals surface area contributed by atoms with Gasteiger partial charge in [0.15, 0.2) is 15.8 Å². The van der Waals surface area contributed by atoms with E-state index in [2.05, 4.69) is 10.5 Å². The molecule has 0 saturated heterocycles. The number of aromatic nitrogens is 1. The number of anilines is 1. The summed E-state index contributed by atoms with van der Waals surface area (Å²) in [5, 5.41) is 25.3. The molecule has 126 valence electrons. The van der Waals surface area contributed by atoms with Gasteiger partial charge >= 0.3 is 0 Å². The summed E-state index contributed by atoms with van der Waals surface area (Å²) in [4.78, 5) is 12.3. The Labute approximate surface area is 138 Å². The lowest BCUT2D eigenvalue weighted by atomic mass is 9.97. The Morgan fingerprint density at radius 3 is 2.71 bits per heavy atom. The molecule has 2 atom stereocenters. The van der Waals surface area contributed by atoms with Gasteiger partial charge in [0, 0.05) is 17.5 Å². The van der Waals surface area contributed by atoms with Gasteiger partial charge in [-0.05, 0) is 25.1 Å². The number of hydrogen-bond donors (Lipinski definition) is 2. The average Bonchev–Trinajstić information content (AvgIpc) is 2.93. The van der Waals surface area contributed by atoms with Gasteiger partial charge in [-0.25, -0.2) is 8.42 Å². The highest BCUT2D eigenvalue weighted by Crippen LogP contribution is 2.26. The van der Waals surface area contributed by atoms with Crippen LogP contribution < -0.4 is 5.32 Å². The van der Waals surface area contributed by atoms with Crippen LogP contribution in [0, 0.1) is 24.2 Å². The fourth-order valence-corrected chi connectivity index (χ4v) is 2.73. The number of carbonyl (C=O) groups excluding carboxylic acids is 1. The van der Waals surface area contributed by atoms with Gasteiger partial charge in [0.2, 0.25) is 5.91 Å². The first-order chi connectivity index (χ1) is 11.2. The minimum Gasteiger partial charge on any atom is -0.386 e. The predicted octanol–water partition coefficient (Wildman–Crippen LogP) is 1.20. The van der Waals surface area contributed by atoms with Gasteiger partial charge in [0.25, 0.3) is 0 Å². The zero-order valence-electron chi connectivity index (χ0n) is 12.9. The third-order valence-corrected chi connectivity index (χ3v) is 4.48. The van der Waals surface area contributed by atoms with E-state index in [4.69, 9.17) is 4.52 Å². The fraction of sp³-hybridized carbons (Fsp3) is 0.267. The largest absolute Gasteiger partial charge is 0.386 e. The van der Waals surface area contributed by atoms with Crippen LogP contribution in [-0.4, -0.2) is 30.8 Å². The number of nitrogens with zero attached hydrogens (tertiary/aromatic N) is 2. The van der Waals surface area contributed by atoms with Crippen molar-refractivity contribution in [3.8, 4) is 6.07 Å². The number of benzene rings is 1. The van der Waals surface area contributed by atoms with Gasteiger partial charge < -0.3 is 14.9 Å². The van der Waals surface area contributed by atoms with E-state index < -0.39 is 27.8 Å². The number of carbonyl (C=O) groups is 1. The summed E-state index contributed by atoms with van der Waals surface area (Å²) in [6.07, 6.45) is 0.867. The first-order valence-electron chi connectivity index (χ1n) is 6.84. The maximum absolute atomic E-state index is 12.3. The standard InChI is InChI=1S/C15H15N3O5S/c1-9-13(8-17-23-9)14(19)12(7-16)15(20)18-10-4-3-5-11(6-10)24(2,21)22/h3-6,8,12,14,19H,1-2H3,(H,18,20). The van der Waals surface area contributed by atoms with Crippen molar-refractivity contribution < 1.29 is 22.8 Å². The minimum atomic E-state index is -3.43. The second kappa shape index (κ2) is 6.82. The number of nitrogens with one attached hydrogen (secondary N) is 1. The zero-order valence-corrected chi connectivity index (χ0v) is 13.7. The van der Waals surface area contributed by atoms with Crippen LogP contribution in [-0.2, 0) is 14.6 Å². The quantitative estimate of drug-likeness (QED) is 0.828. The van der Waals surface area contributed by atoms with Crippen molar-refractivity contribution in [3.05, 3.63) is 41.8 Å². The van der Waals surface area contributed by atoms with E-state index in [1.54, 1.807) is 13.0 Å². The number of aryl methyl sites for hydroxylation is 1. The number of hydrogen-bond acceptors (Lipinski definition) is 7. The summed E-state index contributed by atoms with van der Waals surface area (Å²) >= 11 is 0. The van der Waals surface area contributed by atoms with E-state index >= 15 is 0 Å². The highest BCUT2D eigenvalue weighted by Gasteiger charge is 2.30. The Balaban J connectivity index is 2.22. The first-order valence-corrected chi connectivity index (χ1v) is 8.73. The van der Waals surface area contributed by atoms with Crippen LogP contribution in [0.3, 0.4) is 0 Å².